The van der Waals surface area contributed by atoms with Gasteiger partial charge in [-0.25, -0.2) is 0 Å². The van der Waals surface area contributed by atoms with E-state index >= 15 is 0 Å². The number of aromatic hydroxyl groups is 2. The van der Waals surface area contributed by atoms with Crippen molar-refractivity contribution in [3.8, 4) is 17.2 Å². The summed E-state index contributed by atoms with van der Waals surface area (Å²) in [4.78, 5) is 9.65. The van der Waals surface area contributed by atoms with Crippen LogP contribution in [-0.2, 0) is 10.1 Å². The molecule has 0 unspecified atom stereocenters. The summed E-state index contributed by atoms with van der Waals surface area (Å²) in [6, 6.07) is 7.06. The summed E-state index contributed by atoms with van der Waals surface area (Å²) in [5.41, 5.74) is 0.208. The van der Waals surface area contributed by atoms with Crippen LogP contribution in [0.1, 0.15) is 5.56 Å². The molecule has 8 nitrogen and oxygen atoms in total. The second-order valence-corrected chi connectivity index (χ2v) is 5.97. The van der Waals surface area contributed by atoms with Crippen LogP contribution in [-0.4, -0.2) is 23.6 Å². The van der Waals surface area contributed by atoms with Gasteiger partial charge in [0, 0.05) is 0 Å². The third kappa shape index (κ3) is 3.09. The van der Waals surface area contributed by atoms with Crippen LogP contribution in [0, 0.1) is 17.0 Å². The first kappa shape index (κ1) is 15.6. The summed E-state index contributed by atoms with van der Waals surface area (Å²) in [7, 11) is -4.31. The fourth-order valence-electron chi connectivity index (χ4n) is 1.62. The zero-order valence-electron chi connectivity index (χ0n) is 11.3. The molecule has 0 aliphatic rings. The van der Waals surface area contributed by atoms with E-state index in [0.717, 1.165) is 5.56 Å². The van der Waals surface area contributed by atoms with Crippen LogP contribution < -0.4 is 4.18 Å². The lowest BCUT2D eigenvalue weighted by molar-refractivity contribution is -0.385. The average molecular weight is 325 g/mol. The van der Waals surface area contributed by atoms with Gasteiger partial charge in [-0.2, -0.15) is 8.42 Å². The van der Waals surface area contributed by atoms with E-state index in [9.17, 15) is 28.7 Å². The molecule has 0 saturated carbocycles. The highest BCUT2D eigenvalue weighted by Gasteiger charge is 2.23. The van der Waals surface area contributed by atoms with E-state index in [-0.39, 0.29) is 4.90 Å². The fraction of sp³-hybridized carbons (Fsp3) is 0.0769. The van der Waals surface area contributed by atoms with Crippen molar-refractivity contribution in [2.24, 2.45) is 0 Å². The van der Waals surface area contributed by atoms with Crippen molar-refractivity contribution in [1.29, 1.82) is 0 Å². The Labute approximate surface area is 125 Å². The van der Waals surface area contributed by atoms with Crippen molar-refractivity contribution < 1.29 is 27.7 Å². The van der Waals surface area contributed by atoms with E-state index < -0.39 is 38.0 Å². The molecular formula is C13H11NO7S. The molecule has 9 heteroatoms. The largest absolute Gasteiger partial charge is 0.504 e. The van der Waals surface area contributed by atoms with Crippen molar-refractivity contribution in [3.63, 3.8) is 0 Å². The van der Waals surface area contributed by atoms with Gasteiger partial charge in [-0.15, -0.1) is 0 Å². The number of nitro groups is 1. The van der Waals surface area contributed by atoms with Gasteiger partial charge >= 0.3 is 10.1 Å². The maximum atomic E-state index is 12.1. The lowest BCUT2D eigenvalue weighted by Gasteiger charge is -2.09. The molecule has 2 aromatic rings. The zero-order chi connectivity index (χ0) is 16.5. The first-order valence-electron chi connectivity index (χ1n) is 5.92. The van der Waals surface area contributed by atoms with E-state index in [2.05, 4.69) is 4.18 Å². The Morgan fingerprint density at radius 2 is 1.73 bits per heavy atom. The van der Waals surface area contributed by atoms with Gasteiger partial charge in [0.25, 0.3) is 5.69 Å². The molecule has 0 bridgehead atoms. The second-order valence-electron chi connectivity index (χ2n) is 4.42. The number of non-ortho nitro benzene ring substituents is 1. The Balaban J connectivity index is 2.45. The first-order valence-corrected chi connectivity index (χ1v) is 7.33. The van der Waals surface area contributed by atoms with Crippen LogP contribution in [0.2, 0.25) is 0 Å². The molecule has 116 valence electrons. The number of rotatable bonds is 4. The minimum Gasteiger partial charge on any atom is -0.504 e. The van der Waals surface area contributed by atoms with Crippen LogP contribution in [0.3, 0.4) is 0 Å². The third-order valence-electron chi connectivity index (χ3n) is 2.76. The number of phenols is 2. The Morgan fingerprint density at radius 1 is 1.14 bits per heavy atom. The van der Waals surface area contributed by atoms with Gasteiger partial charge in [0.05, 0.1) is 17.1 Å². The lowest BCUT2D eigenvalue weighted by Crippen LogP contribution is -2.10. The van der Waals surface area contributed by atoms with Gasteiger partial charge in [0.15, 0.2) is 11.5 Å². The molecule has 0 atom stereocenters. The molecule has 0 aliphatic heterocycles. The Hall–Kier alpha value is -2.81. The van der Waals surface area contributed by atoms with Gasteiger partial charge in [-0.1, -0.05) is 17.7 Å². The molecule has 2 N–H and O–H groups in total. The smallest absolute Gasteiger partial charge is 0.339 e. The minimum absolute atomic E-state index is 0.191. The molecule has 0 aliphatic carbocycles. The summed E-state index contributed by atoms with van der Waals surface area (Å²) in [6.07, 6.45) is 0. The summed E-state index contributed by atoms with van der Waals surface area (Å²) in [5.74, 6) is -2.49. The van der Waals surface area contributed by atoms with Crippen molar-refractivity contribution in [1.82, 2.24) is 0 Å². The van der Waals surface area contributed by atoms with E-state index in [4.69, 9.17) is 0 Å². The second kappa shape index (κ2) is 5.53. The number of nitrogens with zero attached hydrogens (tertiary/aromatic N) is 1. The quantitative estimate of drug-likeness (QED) is 0.381. The number of aryl methyl sites for hydroxylation is 1. The van der Waals surface area contributed by atoms with Gasteiger partial charge in [-0.3, -0.25) is 10.1 Å². The fourth-order valence-corrected chi connectivity index (χ4v) is 2.55. The normalized spacial score (nSPS) is 11.1. The molecule has 0 amide bonds. The summed E-state index contributed by atoms with van der Waals surface area (Å²) >= 11 is 0. The highest BCUT2D eigenvalue weighted by Crippen LogP contribution is 2.40. The molecular weight excluding hydrogens is 314 g/mol. The number of hydrogen-bond acceptors (Lipinski definition) is 7. The van der Waals surface area contributed by atoms with Crippen molar-refractivity contribution in [2.75, 3.05) is 0 Å². The maximum absolute atomic E-state index is 12.1. The number of nitro benzene ring substituents is 1. The van der Waals surface area contributed by atoms with Crippen molar-refractivity contribution in [2.45, 2.75) is 11.8 Å². The standard InChI is InChI=1S/C13H11NO7S/c1-8-2-4-10(5-3-8)22(19,20)21-12-7-9(14(17)18)6-11(15)13(12)16/h2-7,15-16H,1H3. The van der Waals surface area contributed by atoms with E-state index in [1.807, 2.05) is 0 Å². The van der Waals surface area contributed by atoms with Crippen LogP contribution in [0.4, 0.5) is 5.69 Å². The molecule has 0 saturated heterocycles. The predicted molar refractivity (Wildman–Crippen MR) is 75.4 cm³/mol. The lowest BCUT2D eigenvalue weighted by atomic mass is 10.2. The van der Waals surface area contributed by atoms with Crippen LogP contribution >= 0.6 is 0 Å². The molecule has 0 fully saturated rings. The summed E-state index contributed by atoms with van der Waals surface area (Å²) < 4.78 is 28.8. The Morgan fingerprint density at radius 3 is 2.27 bits per heavy atom. The van der Waals surface area contributed by atoms with E-state index in [1.165, 1.54) is 12.1 Å². The minimum atomic E-state index is -4.31. The number of phenolic OH excluding ortho intramolecular Hbond substituents is 2. The molecule has 0 radical (unpaired) electrons. The van der Waals surface area contributed by atoms with Gasteiger partial charge in [0.1, 0.15) is 4.90 Å². The highest BCUT2D eigenvalue weighted by atomic mass is 32.2. The molecule has 0 heterocycles. The molecule has 0 spiro atoms. The van der Waals surface area contributed by atoms with Crippen molar-refractivity contribution in [3.05, 3.63) is 52.1 Å². The number of benzene rings is 2. The first-order chi connectivity index (χ1) is 10.2. The summed E-state index contributed by atoms with van der Waals surface area (Å²) in [5, 5.41) is 29.7. The molecule has 2 aromatic carbocycles. The molecule has 2 rings (SSSR count). The Bertz CT molecular complexity index is 828. The average Bonchev–Trinajstić information content (AvgIpc) is 2.43. The van der Waals surface area contributed by atoms with Gasteiger partial charge < -0.3 is 14.4 Å². The monoisotopic (exact) mass is 325 g/mol. The Kier molecular flexibility index (Phi) is 3.91. The summed E-state index contributed by atoms with van der Waals surface area (Å²) in [6.45, 7) is 1.77. The van der Waals surface area contributed by atoms with Crippen molar-refractivity contribution >= 4 is 15.8 Å². The van der Waals surface area contributed by atoms with Gasteiger partial charge in [0.2, 0.25) is 5.75 Å². The van der Waals surface area contributed by atoms with Crippen LogP contribution in [0.25, 0.3) is 0 Å². The molecule has 0 aromatic heterocycles. The predicted octanol–water partition coefficient (Wildman–Crippen LogP) is 2.08. The highest BCUT2D eigenvalue weighted by molar-refractivity contribution is 7.87. The molecule has 22 heavy (non-hydrogen) atoms. The van der Waals surface area contributed by atoms with Crippen LogP contribution in [0.5, 0.6) is 17.2 Å². The maximum Gasteiger partial charge on any atom is 0.339 e. The number of hydrogen-bond donors (Lipinski definition) is 2. The third-order valence-corrected chi connectivity index (χ3v) is 4.01. The zero-order valence-corrected chi connectivity index (χ0v) is 12.1. The van der Waals surface area contributed by atoms with E-state index in [1.54, 1.807) is 19.1 Å². The van der Waals surface area contributed by atoms with Crippen LogP contribution in [0.15, 0.2) is 41.3 Å². The van der Waals surface area contributed by atoms with Gasteiger partial charge in [-0.05, 0) is 19.1 Å². The topological polar surface area (TPSA) is 127 Å². The van der Waals surface area contributed by atoms with E-state index in [0.29, 0.717) is 12.1 Å². The SMILES string of the molecule is Cc1ccc(S(=O)(=O)Oc2cc([N+](=O)[O-])cc(O)c2O)cc1.